The number of carbonyl (C=O) groups is 1. The third-order valence-corrected chi connectivity index (χ3v) is 5.34. The number of aromatic hydroxyl groups is 1. The van der Waals surface area contributed by atoms with Crippen LogP contribution in [0.15, 0.2) is 41.3 Å². The van der Waals surface area contributed by atoms with E-state index >= 15 is 0 Å². The summed E-state index contributed by atoms with van der Waals surface area (Å²) in [6, 6.07) is 9.13. The summed E-state index contributed by atoms with van der Waals surface area (Å²) in [5, 5.41) is 11.0. The predicted octanol–water partition coefficient (Wildman–Crippen LogP) is 1.55. The molecule has 150 valence electrons. The van der Waals surface area contributed by atoms with E-state index in [4.69, 9.17) is 16.3 Å². The van der Waals surface area contributed by atoms with Crippen molar-refractivity contribution in [3.63, 3.8) is 0 Å². The number of nitrogens with zero attached hydrogens (tertiary/aromatic N) is 3. The SMILES string of the molecule is O=COCCN1CCN(Cc2ccn(Cc3ccccc3Cl)c(=O)c2O)CC1. The maximum Gasteiger partial charge on any atom is 0.293 e. The van der Waals surface area contributed by atoms with E-state index in [1.54, 1.807) is 18.3 Å². The molecule has 3 rings (SSSR count). The molecule has 1 aliphatic heterocycles. The first-order valence-electron chi connectivity index (χ1n) is 9.23. The zero-order valence-electron chi connectivity index (χ0n) is 15.6. The fourth-order valence-electron chi connectivity index (χ4n) is 3.30. The molecule has 0 bridgehead atoms. The first-order chi connectivity index (χ1) is 13.6. The Hall–Kier alpha value is -2.35. The van der Waals surface area contributed by atoms with E-state index in [2.05, 4.69) is 9.80 Å². The Morgan fingerprint density at radius 3 is 2.46 bits per heavy atom. The highest BCUT2D eigenvalue weighted by Gasteiger charge is 2.19. The van der Waals surface area contributed by atoms with Gasteiger partial charge in [-0.25, -0.2) is 0 Å². The van der Waals surface area contributed by atoms with Crippen LogP contribution in [0.25, 0.3) is 0 Å². The average molecular weight is 406 g/mol. The van der Waals surface area contributed by atoms with Crippen LogP contribution in [0.5, 0.6) is 5.75 Å². The van der Waals surface area contributed by atoms with Gasteiger partial charge in [0.15, 0.2) is 5.75 Å². The molecule has 0 unspecified atom stereocenters. The maximum absolute atomic E-state index is 12.5. The number of halogens is 1. The minimum Gasteiger partial charge on any atom is -0.503 e. The number of piperazine rings is 1. The lowest BCUT2D eigenvalue weighted by molar-refractivity contribution is -0.129. The highest BCUT2D eigenvalue weighted by molar-refractivity contribution is 6.31. The quantitative estimate of drug-likeness (QED) is 0.530. The number of hydrogen-bond donors (Lipinski definition) is 1. The van der Waals surface area contributed by atoms with Crippen LogP contribution in [0.3, 0.4) is 0 Å². The van der Waals surface area contributed by atoms with Gasteiger partial charge >= 0.3 is 0 Å². The van der Waals surface area contributed by atoms with Gasteiger partial charge < -0.3 is 14.4 Å². The summed E-state index contributed by atoms with van der Waals surface area (Å²) in [5.74, 6) is -0.212. The predicted molar refractivity (Wildman–Crippen MR) is 107 cm³/mol. The lowest BCUT2D eigenvalue weighted by Crippen LogP contribution is -2.46. The number of carbonyl (C=O) groups excluding carboxylic acids is 1. The molecule has 2 aromatic rings. The summed E-state index contributed by atoms with van der Waals surface area (Å²) in [4.78, 5) is 27.2. The van der Waals surface area contributed by atoms with Crippen LogP contribution in [0, 0.1) is 0 Å². The van der Waals surface area contributed by atoms with E-state index in [0.717, 1.165) is 38.3 Å². The highest BCUT2D eigenvalue weighted by Crippen LogP contribution is 2.18. The third kappa shape index (κ3) is 5.13. The summed E-state index contributed by atoms with van der Waals surface area (Å²) in [6.45, 7) is 5.77. The van der Waals surface area contributed by atoms with Crippen molar-refractivity contribution in [1.29, 1.82) is 0 Å². The molecule has 0 aliphatic carbocycles. The summed E-state index contributed by atoms with van der Waals surface area (Å²) in [6.07, 6.45) is 1.70. The summed E-state index contributed by atoms with van der Waals surface area (Å²) >= 11 is 6.16. The van der Waals surface area contributed by atoms with Crippen LogP contribution in [0.1, 0.15) is 11.1 Å². The van der Waals surface area contributed by atoms with Crippen molar-refractivity contribution >= 4 is 18.1 Å². The second-order valence-electron chi connectivity index (χ2n) is 6.80. The molecule has 2 heterocycles. The van der Waals surface area contributed by atoms with E-state index in [9.17, 15) is 14.7 Å². The standard InChI is InChI=1S/C20H24ClN3O4/c21-18-4-2-1-3-16(18)14-24-6-5-17(19(26)20(24)27)13-23-9-7-22(8-10-23)11-12-28-15-25/h1-6,15,26H,7-14H2. The first-order valence-corrected chi connectivity index (χ1v) is 9.61. The Balaban J connectivity index is 1.60. The van der Waals surface area contributed by atoms with E-state index in [0.29, 0.717) is 36.8 Å². The fourth-order valence-corrected chi connectivity index (χ4v) is 3.50. The largest absolute Gasteiger partial charge is 0.503 e. The molecule has 1 N–H and O–H groups in total. The molecule has 0 saturated carbocycles. The second kappa shape index (κ2) is 9.73. The molecule has 1 aliphatic rings. The topological polar surface area (TPSA) is 75.0 Å². The summed E-state index contributed by atoms with van der Waals surface area (Å²) in [5.41, 5.74) is 1.04. The van der Waals surface area contributed by atoms with Crippen LogP contribution < -0.4 is 5.56 Å². The van der Waals surface area contributed by atoms with Crippen molar-refractivity contribution < 1.29 is 14.6 Å². The fraction of sp³-hybridized carbons (Fsp3) is 0.400. The Labute approximate surface area is 168 Å². The van der Waals surface area contributed by atoms with Crippen LogP contribution in [-0.4, -0.2) is 65.3 Å². The normalized spacial score (nSPS) is 15.5. The van der Waals surface area contributed by atoms with Gasteiger partial charge in [-0.1, -0.05) is 29.8 Å². The molecule has 0 spiro atoms. The van der Waals surface area contributed by atoms with E-state index in [1.807, 2.05) is 18.2 Å². The van der Waals surface area contributed by atoms with Crippen LogP contribution in [0.4, 0.5) is 0 Å². The van der Waals surface area contributed by atoms with Gasteiger partial charge in [0, 0.05) is 56.1 Å². The summed E-state index contributed by atoms with van der Waals surface area (Å²) in [7, 11) is 0. The van der Waals surface area contributed by atoms with Gasteiger partial charge in [-0.15, -0.1) is 0 Å². The van der Waals surface area contributed by atoms with Gasteiger partial charge in [-0.05, 0) is 17.7 Å². The van der Waals surface area contributed by atoms with Crippen molar-refractivity contribution in [2.45, 2.75) is 13.1 Å². The highest BCUT2D eigenvalue weighted by atomic mass is 35.5. The molecule has 1 aromatic heterocycles. The van der Waals surface area contributed by atoms with Gasteiger partial charge in [-0.3, -0.25) is 19.4 Å². The van der Waals surface area contributed by atoms with Crippen molar-refractivity contribution in [3.8, 4) is 5.75 Å². The number of benzene rings is 1. The van der Waals surface area contributed by atoms with Crippen molar-refractivity contribution in [1.82, 2.24) is 14.4 Å². The molecule has 1 fully saturated rings. The van der Waals surface area contributed by atoms with Crippen LogP contribution >= 0.6 is 11.6 Å². The smallest absolute Gasteiger partial charge is 0.293 e. The van der Waals surface area contributed by atoms with Crippen molar-refractivity contribution in [2.24, 2.45) is 0 Å². The molecule has 0 amide bonds. The van der Waals surface area contributed by atoms with Gasteiger partial charge in [-0.2, -0.15) is 0 Å². The van der Waals surface area contributed by atoms with E-state index in [-0.39, 0.29) is 5.75 Å². The van der Waals surface area contributed by atoms with Crippen LogP contribution in [-0.2, 0) is 22.6 Å². The molecular weight excluding hydrogens is 382 g/mol. The van der Waals surface area contributed by atoms with Gasteiger partial charge in [0.2, 0.25) is 0 Å². The lowest BCUT2D eigenvalue weighted by atomic mass is 10.2. The van der Waals surface area contributed by atoms with E-state index < -0.39 is 5.56 Å². The number of hydrogen-bond acceptors (Lipinski definition) is 6. The average Bonchev–Trinajstić information content (AvgIpc) is 2.70. The molecule has 28 heavy (non-hydrogen) atoms. The summed E-state index contributed by atoms with van der Waals surface area (Å²) < 4.78 is 6.20. The number of ether oxygens (including phenoxy) is 1. The lowest BCUT2D eigenvalue weighted by Gasteiger charge is -2.34. The minimum absolute atomic E-state index is 0.212. The monoisotopic (exact) mass is 405 g/mol. The zero-order valence-corrected chi connectivity index (χ0v) is 16.3. The Morgan fingerprint density at radius 1 is 1.04 bits per heavy atom. The number of aromatic nitrogens is 1. The Kier molecular flexibility index (Phi) is 7.08. The number of pyridine rings is 1. The third-order valence-electron chi connectivity index (χ3n) is 4.97. The van der Waals surface area contributed by atoms with Crippen molar-refractivity contribution in [2.75, 3.05) is 39.3 Å². The van der Waals surface area contributed by atoms with Gasteiger partial charge in [0.25, 0.3) is 12.0 Å². The molecule has 1 aromatic carbocycles. The van der Waals surface area contributed by atoms with Gasteiger partial charge in [0.1, 0.15) is 6.61 Å². The second-order valence-corrected chi connectivity index (χ2v) is 7.21. The van der Waals surface area contributed by atoms with Crippen molar-refractivity contribution in [3.05, 3.63) is 63.0 Å². The Morgan fingerprint density at radius 2 is 1.75 bits per heavy atom. The first kappa shape index (κ1) is 20.4. The molecular formula is C20H24ClN3O4. The molecule has 0 atom stereocenters. The minimum atomic E-state index is -0.415. The molecule has 0 radical (unpaired) electrons. The molecule has 1 saturated heterocycles. The zero-order chi connectivity index (χ0) is 19.9. The number of rotatable bonds is 8. The molecule has 8 heteroatoms. The molecule has 7 nitrogen and oxygen atoms in total. The van der Waals surface area contributed by atoms with E-state index in [1.165, 1.54) is 4.57 Å². The van der Waals surface area contributed by atoms with Gasteiger partial charge in [0.05, 0.1) is 6.54 Å². The Bertz CT molecular complexity index is 863. The maximum atomic E-state index is 12.5. The van der Waals surface area contributed by atoms with Crippen LogP contribution in [0.2, 0.25) is 5.02 Å².